The molecule has 0 aliphatic rings. The van der Waals surface area contributed by atoms with Crippen LogP contribution < -0.4 is 0 Å². The quantitative estimate of drug-likeness (QED) is 0.0353. The lowest BCUT2D eigenvalue weighted by atomic mass is 10.0. The molecule has 0 heterocycles. The van der Waals surface area contributed by atoms with E-state index in [9.17, 15) is 14.4 Å². The summed E-state index contributed by atoms with van der Waals surface area (Å²) in [6, 6.07) is 0. The molecule has 0 radical (unpaired) electrons. The maximum atomic E-state index is 12.6. The zero-order valence-electron chi connectivity index (χ0n) is 35.3. The topological polar surface area (TPSA) is 78.9 Å². The minimum absolute atomic E-state index is 0.0648. The Kier molecular flexibility index (Phi) is 39.4. The molecule has 0 saturated carbocycles. The standard InChI is InChI=1S/C46H88O6/c1-5-7-9-11-13-15-17-18-19-20-21-23-25-30-34-38-45(48)51-41-43(52-46(49)39-35-31-27-26-28-32-36-42(3)4)40-50-44(47)37-33-29-24-22-16-14-12-10-8-6-2/h42-43H,5-41H2,1-4H3/t43-/m0/s1. The molecule has 0 aliphatic carbocycles. The molecule has 0 unspecified atom stereocenters. The SMILES string of the molecule is CCCCCCCCCCCCCCCCCC(=O)OC[C@H](COC(=O)CCCCCCCCCCCC)OC(=O)CCCCCCCCC(C)C. The minimum atomic E-state index is -0.759. The predicted molar refractivity (Wildman–Crippen MR) is 220 cm³/mol. The Hall–Kier alpha value is -1.59. The van der Waals surface area contributed by atoms with Gasteiger partial charge in [-0.05, 0) is 25.2 Å². The Morgan fingerprint density at radius 3 is 0.942 bits per heavy atom. The summed E-state index contributed by atoms with van der Waals surface area (Å²) >= 11 is 0. The van der Waals surface area contributed by atoms with Crippen LogP contribution in [0.3, 0.4) is 0 Å². The van der Waals surface area contributed by atoms with E-state index in [1.165, 1.54) is 148 Å². The van der Waals surface area contributed by atoms with Gasteiger partial charge in [0.2, 0.25) is 0 Å². The summed E-state index contributed by atoms with van der Waals surface area (Å²) < 4.78 is 16.7. The van der Waals surface area contributed by atoms with Crippen LogP contribution >= 0.6 is 0 Å². The van der Waals surface area contributed by atoms with Crippen molar-refractivity contribution in [3.63, 3.8) is 0 Å². The number of carbonyl (C=O) groups is 3. The third-order valence-electron chi connectivity index (χ3n) is 10.3. The van der Waals surface area contributed by atoms with Crippen molar-refractivity contribution in [2.75, 3.05) is 13.2 Å². The summed E-state index contributed by atoms with van der Waals surface area (Å²) in [5.41, 5.74) is 0. The van der Waals surface area contributed by atoms with Gasteiger partial charge < -0.3 is 14.2 Å². The fraction of sp³-hybridized carbons (Fsp3) is 0.935. The first kappa shape index (κ1) is 50.4. The fourth-order valence-corrected chi connectivity index (χ4v) is 6.80. The summed E-state index contributed by atoms with van der Waals surface area (Å²) in [6.45, 7) is 8.92. The number of hydrogen-bond donors (Lipinski definition) is 0. The monoisotopic (exact) mass is 737 g/mol. The van der Waals surface area contributed by atoms with Gasteiger partial charge in [0.15, 0.2) is 6.10 Å². The molecule has 0 aromatic carbocycles. The van der Waals surface area contributed by atoms with Crippen molar-refractivity contribution in [2.24, 2.45) is 5.92 Å². The molecule has 0 bridgehead atoms. The van der Waals surface area contributed by atoms with Crippen LogP contribution in [-0.4, -0.2) is 37.2 Å². The third-order valence-corrected chi connectivity index (χ3v) is 10.3. The zero-order valence-corrected chi connectivity index (χ0v) is 35.3. The number of hydrogen-bond acceptors (Lipinski definition) is 6. The molecule has 6 nitrogen and oxygen atoms in total. The van der Waals surface area contributed by atoms with Crippen LogP contribution in [0.1, 0.15) is 252 Å². The van der Waals surface area contributed by atoms with E-state index in [-0.39, 0.29) is 31.1 Å². The van der Waals surface area contributed by atoms with E-state index < -0.39 is 6.10 Å². The van der Waals surface area contributed by atoms with Crippen molar-refractivity contribution >= 4 is 17.9 Å². The van der Waals surface area contributed by atoms with Gasteiger partial charge in [-0.1, -0.05) is 214 Å². The van der Waals surface area contributed by atoms with Gasteiger partial charge in [-0.2, -0.15) is 0 Å². The summed E-state index contributed by atoms with van der Waals surface area (Å²) in [6.07, 6.45) is 39.6. The highest BCUT2D eigenvalue weighted by Crippen LogP contribution is 2.16. The maximum Gasteiger partial charge on any atom is 0.306 e. The van der Waals surface area contributed by atoms with Gasteiger partial charge in [-0.15, -0.1) is 0 Å². The summed E-state index contributed by atoms with van der Waals surface area (Å²) in [5.74, 6) is -0.101. The first-order valence-electron chi connectivity index (χ1n) is 22.9. The Labute approximate surface area is 323 Å². The van der Waals surface area contributed by atoms with Crippen molar-refractivity contribution in [3.8, 4) is 0 Å². The molecule has 0 spiro atoms. The maximum absolute atomic E-state index is 12.6. The van der Waals surface area contributed by atoms with E-state index in [0.717, 1.165) is 63.7 Å². The molecular weight excluding hydrogens is 648 g/mol. The molecule has 0 fully saturated rings. The molecule has 0 N–H and O–H groups in total. The molecule has 0 saturated heterocycles. The van der Waals surface area contributed by atoms with Crippen LogP contribution in [-0.2, 0) is 28.6 Å². The number of ether oxygens (including phenoxy) is 3. The average molecular weight is 737 g/mol. The van der Waals surface area contributed by atoms with E-state index in [2.05, 4.69) is 27.7 Å². The summed E-state index contributed by atoms with van der Waals surface area (Å²) in [5, 5.41) is 0. The predicted octanol–water partition coefficient (Wildman–Crippen LogP) is 14.3. The van der Waals surface area contributed by atoms with Gasteiger partial charge in [0.1, 0.15) is 13.2 Å². The Morgan fingerprint density at radius 2 is 0.635 bits per heavy atom. The lowest BCUT2D eigenvalue weighted by molar-refractivity contribution is -0.167. The van der Waals surface area contributed by atoms with E-state index in [1.54, 1.807) is 0 Å². The summed E-state index contributed by atoms with van der Waals surface area (Å²) in [4.78, 5) is 37.6. The number of esters is 3. The van der Waals surface area contributed by atoms with Crippen molar-refractivity contribution in [1.82, 2.24) is 0 Å². The van der Waals surface area contributed by atoms with E-state index in [4.69, 9.17) is 14.2 Å². The van der Waals surface area contributed by atoms with Crippen LogP contribution in [0.5, 0.6) is 0 Å². The van der Waals surface area contributed by atoms with Crippen molar-refractivity contribution in [3.05, 3.63) is 0 Å². The van der Waals surface area contributed by atoms with Gasteiger partial charge in [0, 0.05) is 19.3 Å². The summed E-state index contributed by atoms with van der Waals surface area (Å²) in [7, 11) is 0. The van der Waals surface area contributed by atoms with Gasteiger partial charge >= 0.3 is 17.9 Å². The third kappa shape index (κ3) is 39.6. The molecule has 0 aromatic rings. The molecule has 1 atom stereocenters. The lowest BCUT2D eigenvalue weighted by Crippen LogP contribution is -2.30. The second-order valence-corrected chi connectivity index (χ2v) is 16.2. The largest absolute Gasteiger partial charge is 0.462 e. The number of rotatable bonds is 41. The molecule has 6 heteroatoms. The highest BCUT2D eigenvalue weighted by Gasteiger charge is 2.19. The van der Waals surface area contributed by atoms with Gasteiger partial charge in [-0.25, -0.2) is 0 Å². The van der Waals surface area contributed by atoms with Crippen LogP contribution in [0.4, 0.5) is 0 Å². The van der Waals surface area contributed by atoms with E-state index in [0.29, 0.717) is 19.3 Å². The Bertz CT molecular complexity index is 781. The number of unbranched alkanes of at least 4 members (excludes halogenated alkanes) is 28. The highest BCUT2D eigenvalue weighted by atomic mass is 16.6. The first-order chi connectivity index (χ1) is 25.4. The Morgan fingerprint density at radius 1 is 0.365 bits per heavy atom. The van der Waals surface area contributed by atoms with Crippen LogP contribution in [0.25, 0.3) is 0 Å². The van der Waals surface area contributed by atoms with Crippen molar-refractivity contribution in [2.45, 2.75) is 259 Å². The fourth-order valence-electron chi connectivity index (χ4n) is 6.80. The smallest absolute Gasteiger partial charge is 0.306 e. The van der Waals surface area contributed by atoms with Gasteiger partial charge in [-0.3, -0.25) is 14.4 Å². The van der Waals surface area contributed by atoms with E-state index in [1.807, 2.05) is 0 Å². The minimum Gasteiger partial charge on any atom is -0.462 e. The van der Waals surface area contributed by atoms with Crippen molar-refractivity contribution in [1.29, 1.82) is 0 Å². The van der Waals surface area contributed by atoms with Crippen LogP contribution in [0.2, 0.25) is 0 Å². The molecule has 308 valence electrons. The lowest BCUT2D eigenvalue weighted by Gasteiger charge is -2.18. The molecule has 0 aromatic heterocycles. The number of carbonyl (C=O) groups excluding carboxylic acids is 3. The second-order valence-electron chi connectivity index (χ2n) is 16.2. The van der Waals surface area contributed by atoms with Crippen molar-refractivity contribution < 1.29 is 28.6 Å². The van der Waals surface area contributed by atoms with E-state index >= 15 is 0 Å². The van der Waals surface area contributed by atoms with Crippen LogP contribution in [0, 0.1) is 5.92 Å². The molecular formula is C46H88O6. The normalized spacial score (nSPS) is 11.9. The second kappa shape index (κ2) is 40.6. The first-order valence-corrected chi connectivity index (χ1v) is 22.9. The van der Waals surface area contributed by atoms with Crippen LogP contribution in [0.15, 0.2) is 0 Å². The molecule has 0 aliphatic heterocycles. The zero-order chi connectivity index (χ0) is 38.2. The van der Waals surface area contributed by atoms with Gasteiger partial charge in [0.25, 0.3) is 0 Å². The molecule has 0 rings (SSSR count). The molecule has 0 amide bonds. The molecule has 52 heavy (non-hydrogen) atoms. The average Bonchev–Trinajstić information content (AvgIpc) is 3.12. The Balaban J connectivity index is 4.27. The van der Waals surface area contributed by atoms with Gasteiger partial charge in [0.05, 0.1) is 0 Å². The highest BCUT2D eigenvalue weighted by molar-refractivity contribution is 5.71.